The first-order valence-electron chi connectivity index (χ1n) is 4.70. The van der Waals surface area contributed by atoms with Gasteiger partial charge in [-0.1, -0.05) is 4.49 Å². The molecule has 0 bridgehead atoms. The summed E-state index contributed by atoms with van der Waals surface area (Å²) in [5, 5.41) is 17.6. The summed E-state index contributed by atoms with van der Waals surface area (Å²) < 4.78 is 8.31. The molecule has 1 aromatic rings. The zero-order valence-corrected chi connectivity index (χ0v) is 9.86. The summed E-state index contributed by atoms with van der Waals surface area (Å²) in [6, 6.07) is -1.60. The zero-order chi connectivity index (χ0) is 12.7. The smallest absolute Gasteiger partial charge is 0.326 e. The number of amides is 2. The fourth-order valence-corrected chi connectivity index (χ4v) is 1.44. The monoisotopic (exact) mass is 260 g/mol. The molecule has 17 heavy (non-hydrogen) atoms. The summed E-state index contributed by atoms with van der Waals surface area (Å²) in [6.07, 6.45) is 1.56. The van der Waals surface area contributed by atoms with Crippen LogP contribution in [0.1, 0.15) is 6.42 Å². The maximum absolute atomic E-state index is 11.4. The number of aromatic nitrogens is 2. The lowest BCUT2D eigenvalue weighted by Crippen LogP contribution is -2.43. The highest BCUT2D eigenvalue weighted by Crippen LogP contribution is 2.08. The molecule has 0 aliphatic carbocycles. The molecule has 1 unspecified atom stereocenters. The van der Waals surface area contributed by atoms with Crippen molar-refractivity contribution in [3.63, 3.8) is 0 Å². The number of nitrogens with one attached hydrogen (secondary N) is 2. The number of carbonyl (C=O) groups is 2. The summed E-state index contributed by atoms with van der Waals surface area (Å²) in [5.74, 6) is -1.11. The Labute approximate surface area is 101 Å². The number of carbonyl (C=O) groups excluding carboxylic acids is 1. The number of hydrogen-bond donors (Lipinski definition) is 3. The molecular formula is C8H12N4O4S. The van der Waals surface area contributed by atoms with E-state index in [4.69, 9.17) is 9.84 Å². The van der Waals surface area contributed by atoms with Gasteiger partial charge in [0, 0.05) is 31.7 Å². The third kappa shape index (κ3) is 4.74. The number of carboxylic acids is 1. The molecule has 1 aromatic heterocycles. The van der Waals surface area contributed by atoms with Crippen LogP contribution in [0.5, 0.6) is 0 Å². The lowest BCUT2D eigenvalue weighted by Gasteiger charge is -2.13. The van der Waals surface area contributed by atoms with E-state index < -0.39 is 18.0 Å². The van der Waals surface area contributed by atoms with E-state index in [0.29, 0.717) is 5.00 Å². The van der Waals surface area contributed by atoms with Crippen molar-refractivity contribution in [1.29, 1.82) is 0 Å². The Morgan fingerprint density at radius 1 is 1.65 bits per heavy atom. The number of nitrogens with zero attached hydrogens (tertiary/aromatic N) is 2. The fraction of sp³-hybridized carbons (Fsp3) is 0.500. The Kier molecular flexibility index (Phi) is 5.30. The lowest BCUT2D eigenvalue weighted by molar-refractivity contribution is -0.139. The van der Waals surface area contributed by atoms with Crippen molar-refractivity contribution >= 4 is 28.5 Å². The molecule has 0 aromatic carbocycles. The van der Waals surface area contributed by atoms with Crippen molar-refractivity contribution in [2.45, 2.75) is 12.5 Å². The average Bonchev–Trinajstić information content (AvgIpc) is 2.76. The molecule has 9 heteroatoms. The Balaban J connectivity index is 2.43. The molecule has 0 fully saturated rings. The van der Waals surface area contributed by atoms with Crippen LogP contribution in [0, 0.1) is 0 Å². The van der Waals surface area contributed by atoms with Crippen molar-refractivity contribution in [2.75, 3.05) is 19.0 Å². The standard InChI is InChI=1S/C8H12N4O4S/c1-16-3-2-5(7(13)14)10-8(15)11-6-4-9-12-17-6/h4-5H,2-3H2,1H3,(H,13,14)(H2,10,11,15). The molecule has 94 valence electrons. The van der Waals surface area contributed by atoms with Crippen LogP contribution < -0.4 is 10.6 Å². The number of aliphatic carboxylic acids is 1. The first-order valence-corrected chi connectivity index (χ1v) is 5.47. The van der Waals surface area contributed by atoms with E-state index in [1.807, 2.05) is 0 Å². The second-order valence-electron chi connectivity index (χ2n) is 3.05. The molecular weight excluding hydrogens is 248 g/mol. The van der Waals surface area contributed by atoms with E-state index in [2.05, 4.69) is 20.2 Å². The Morgan fingerprint density at radius 2 is 2.41 bits per heavy atom. The summed E-state index contributed by atoms with van der Waals surface area (Å²) in [4.78, 5) is 22.2. The van der Waals surface area contributed by atoms with Crippen LogP contribution in [-0.2, 0) is 9.53 Å². The van der Waals surface area contributed by atoms with Gasteiger partial charge in [0.15, 0.2) is 0 Å². The summed E-state index contributed by atoms with van der Waals surface area (Å²) in [5.41, 5.74) is 0. The van der Waals surface area contributed by atoms with Gasteiger partial charge in [0.1, 0.15) is 11.0 Å². The Hall–Kier alpha value is -1.74. The molecule has 0 aliphatic heterocycles. The Morgan fingerprint density at radius 3 is 2.94 bits per heavy atom. The highest BCUT2D eigenvalue weighted by Gasteiger charge is 2.19. The third-order valence-electron chi connectivity index (χ3n) is 1.81. The maximum atomic E-state index is 11.4. The van der Waals surface area contributed by atoms with Gasteiger partial charge in [0.2, 0.25) is 0 Å². The van der Waals surface area contributed by atoms with Crippen molar-refractivity contribution in [1.82, 2.24) is 14.9 Å². The summed E-state index contributed by atoms with van der Waals surface area (Å²) in [7, 11) is 1.46. The number of carboxylic acid groups (broad SMARTS) is 1. The molecule has 0 saturated carbocycles. The predicted molar refractivity (Wildman–Crippen MR) is 60.0 cm³/mol. The van der Waals surface area contributed by atoms with Crippen LogP contribution in [0.2, 0.25) is 0 Å². The molecule has 1 atom stereocenters. The first kappa shape index (κ1) is 13.3. The number of methoxy groups -OCH3 is 1. The normalized spacial score (nSPS) is 11.8. The van der Waals surface area contributed by atoms with Gasteiger partial charge in [-0.3, -0.25) is 5.32 Å². The molecule has 1 rings (SSSR count). The highest BCUT2D eigenvalue weighted by molar-refractivity contribution is 7.10. The molecule has 8 nitrogen and oxygen atoms in total. The van der Waals surface area contributed by atoms with E-state index in [1.165, 1.54) is 13.3 Å². The van der Waals surface area contributed by atoms with Crippen LogP contribution in [0.3, 0.4) is 0 Å². The van der Waals surface area contributed by atoms with E-state index in [9.17, 15) is 9.59 Å². The second-order valence-corrected chi connectivity index (χ2v) is 3.84. The van der Waals surface area contributed by atoms with Crippen LogP contribution in [0.15, 0.2) is 6.20 Å². The van der Waals surface area contributed by atoms with Crippen LogP contribution in [0.4, 0.5) is 9.80 Å². The topological polar surface area (TPSA) is 113 Å². The van der Waals surface area contributed by atoms with Crippen molar-refractivity contribution < 1.29 is 19.4 Å². The largest absolute Gasteiger partial charge is 0.480 e. The van der Waals surface area contributed by atoms with Gasteiger partial charge in [0.25, 0.3) is 0 Å². The van der Waals surface area contributed by atoms with E-state index in [1.54, 1.807) is 0 Å². The molecule has 0 aliphatic rings. The molecule has 1 heterocycles. The van der Waals surface area contributed by atoms with Crippen LogP contribution >= 0.6 is 11.5 Å². The highest BCUT2D eigenvalue weighted by atomic mass is 32.1. The molecule has 0 saturated heterocycles. The predicted octanol–water partition coefficient (Wildman–Crippen LogP) is 0.149. The van der Waals surface area contributed by atoms with Crippen LogP contribution in [-0.4, -0.2) is 46.5 Å². The SMILES string of the molecule is COCCC(NC(=O)Nc1cnns1)C(=O)O. The number of urea groups is 1. The number of ether oxygens (including phenoxy) is 1. The zero-order valence-electron chi connectivity index (χ0n) is 9.04. The van der Waals surface area contributed by atoms with E-state index in [-0.39, 0.29) is 13.0 Å². The summed E-state index contributed by atoms with van der Waals surface area (Å²) in [6.45, 7) is 0.249. The second kappa shape index (κ2) is 6.76. The summed E-state index contributed by atoms with van der Waals surface area (Å²) >= 11 is 0.999. The Bertz CT molecular complexity index is 370. The minimum absolute atomic E-state index is 0.195. The third-order valence-corrected chi connectivity index (χ3v) is 2.39. The van der Waals surface area contributed by atoms with Gasteiger partial charge in [-0.05, 0) is 0 Å². The van der Waals surface area contributed by atoms with Gasteiger partial charge in [-0.25, -0.2) is 9.59 Å². The quantitative estimate of drug-likeness (QED) is 0.671. The lowest BCUT2D eigenvalue weighted by atomic mass is 10.2. The van der Waals surface area contributed by atoms with Gasteiger partial charge < -0.3 is 15.2 Å². The fourth-order valence-electron chi connectivity index (χ4n) is 1.02. The molecule has 3 N–H and O–H groups in total. The number of anilines is 1. The molecule has 0 spiro atoms. The molecule has 2 amide bonds. The van der Waals surface area contributed by atoms with Crippen molar-refractivity contribution in [3.8, 4) is 0 Å². The minimum atomic E-state index is -1.11. The first-order chi connectivity index (χ1) is 8.13. The average molecular weight is 260 g/mol. The van der Waals surface area contributed by atoms with Gasteiger partial charge >= 0.3 is 12.0 Å². The van der Waals surface area contributed by atoms with Crippen LogP contribution in [0.25, 0.3) is 0 Å². The van der Waals surface area contributed by atoms with Gasteiger partial charge in [0.05, 0.1) is 6.20 Å². The number of rotatable bonds is 6. The van der Waals surface area contributed by atoms with Gasteiger partial charge in [-0.2, -0.15) is 0 Å². The number of hydrogen-bond acceptors (Lipinski definition) is 6. The minimum Gasteiger partial charge on any atom is -0.480 e. The van der Waals surface area contributed by atoms with Gasteiger partial charge in [-0.15, -0.1) is 5.10 Å². The molecule has 0 radical (unpaired) electrons. The van der Waals surface area contributed by atoms with Crippen molar-refractivity contribution in [3.05, 3.63) is 6.20 Å². The van der Waals surface area contributed by atoms with Crippen molar-refractivity contribution in [2.24, 2.45) is 0 Å². The maximum Gasteiger partial charge on any atom is 0.326 e. The van der Waals surface area contributed by atoms with E-state index in [0.717, 1.165) is 11.5 Å². The van der Waals surface area contributed by atoms with E-state index >= 15 is 0 Å².